The molecule has 1 unspecified atom stereocenters. The molecule has 0 fully saturated rings. The van der Waals surface area contributed by atoms with Gasteiger partial charge in [-0.25, -0.2) is 4.98 Å². The Bertz CT molecular complexity index is 483. The summed E-state index contributed by atoms with van der Waals surface area (Å²) in [6.07, 6.45) is 3.17. The molecule has 0 aliphatic heterocycles. The third kappa shape index (κ3) is 2.62. The number of nitrogens with two attached hydrogens (primary N) is 1. The van der Waals surface area contributed by atoms with Crippen LogP contribution in [0.25, 0.3) is 0 Å². The predicted molar refractivity (Wildman–Crippen MR) is 66.2 cm³/mol. The maximum absolute atomic E-state index is 5.98. The van der Waals surface area contributed by atoms with Crippen molar-refractivity contribution in [3.63, 3.8) is 0 Å². The minimum absolute atomic E-state index is 0.108. The molecule has 1 aromatic heterocycles. The molecule has 0 amide bonds. The van der Waals surface area contributed by atoms with Crippen LogP contribution in [-0.2, 0) is 0 Å². The van der Waals surface area contributed by atoms with Crippen molar-refractivity contribution in [1.82, 2.24) is 4.98 Å². The van der Waals surface area contributed by atoms with E-state index < -0.39 is 0 Å². The minimum Gasteiger partial charge on any atom is -0.496 e. The van der Waals surface area contributed by atoms with E-state index in [2.05, 4.69) is 4.98 Å². The van der Waals surface area contributed by atoms with Gasteiger partial charge < -0.3 is 14.9 Å². The smallest absolute Gasteiger partial charge is 0.260 e. The van der Waals surface area contributed by atoms with Crippen molar-refractivity contribution in [2.75, 3.05) is 7.11 Å². The second-order valence-electron chi connectivity index (χ2n) is 3.56. The normalized spacial score (nSPS) is 12.4. The Morgan fingerprint density at radius 3 is 2.88 bits per heavy atom. The fourth-order valence-corrected chi connectivity index (χ4v) is 2.54. The van der Waals surface area contributed by atoms with Gasteiger partial charge in [0.05, 0.1) is 13.3 Å². The number of nitrogens with zero attached hydrogens (tertiary/aromatic N) is 1. The van der Waals surface area contributed by atoms with E-state index >= 15 is 0 Å². The highest BCUT2D eigenvalue weighted by atomic mass is 32.2. The summed E-state index contributed by atoms with van der Waals surface area (Å²) in [6, 6.07) is 5.70. The van der Waals surface area contributed by atoms with E-state index in [1.807, 2.05) is 25.1 Å². The van der Waals surface area contributed by atoms with Crippen LogP contribution >= 0.6 is 11.8 Å². The van der Waals surface area contributed by atoms with E-state index in [4.69, 9.17) is 14.9 Å². The van der Waals surface area contributed by atoms with Gasteiger partial charge in [-0.3, -0.25) is 0 Å². The summed E-state index contributed by atoms with van der Waals surface area (Å²) in [7, 11) is 1.64. The van der Waals surface area contributed by atoms with Crippen LogP contribution in [-0.4, -0.2) is 12.1 Å². The standard InChI is InChI=1S/C12H14N2O2S/c1-8(13)11-9(15-2)4-3-5-10(11)17-12-14-6-7-16-12/h3-8H,13H2,1-2H3. The average Bonchev–Trinajstić information content (AvgIpc) is 2.81. The van der Waals surface area contributed by atoms with Gasteiger partial charge in [-0.05, 0) is 30.8 Å². The highest BCUT2D eigenvalue weighted by molar-refractivity contribution is 7.99. The van der Waals surface area contributed by atoms with Gasteiger partial charge in [-0.2, -0.15) is 0 Å². The number of ether oxygens (including phenoxy) is 1. The summed E-state index contributed by atoms with van der Waals surface area (Å²) in [4.78, 5) is 5.08. The molecule has 0 bridgehead atoms. The molecule has 2 rings (SSSR count). The summed E-state index contributed by atoms with van der Waals surface area (Å²) >= 11 is 1.44. The molecule has 2 N–H and O–H groups in total. The largest absolute Gasteiger partial charge is 0.496 e. The first-order valence-corrected chi connectivity index (χ1v) is 6.04. The maximum atomic E-state index is 5.98. The number of aromatic nitrogens is 1. The number of methoxy groups -OCH3 is 1. The number of hydrogen-bond donors (Lipinski definition) is 1. The summed E-state index contributed by atoms with van der Waals surface area (Å²) in [5.74, 6) is 0.788. The fraction of sp³-hybridized carbons (Fsp3) is 0.250. The molecule has 2 aromatic rings. The molecule has 90 valence electrons. The topological polar surface area (TPSA) is 61.3 Å². The molecule has 1 atom stereocenters. The first-order valence-electron chi connectivity index (χ1n) is 5.22. The van der Waals surface area contributed by atoms with Crippen molar-refractivity contribution in [3.8, 4) is 5.75 Å². The van der Waals surface area contributed by atoms with Crippen LogP contribution in [0.5, 0.6) is 5.75 Å². The van der Waals surface area contributed by atoms with Gasteiger partial charge in [-0.15, -0.1) is 0 Å². The highest BCUT2D eigenvalue weighted by Crippen LogP contribution is 2.36. The van der Waals surface area contributed by atoms with Crippen LogP contribution in [0.4, 0.5) is 0 Å². The van der Waals surface area contributed by atoms with Crippen LogP contribution in [0.2, 0.25) is 0 Å². The lowest BCUT2D eigenvalue weighted by Gasteiger charge is -2.15. The van der Waals surface area contributed by atoms with E-state index in [1.54, 1.807) is 19.6 Å². The molecule has 0 aliphatic rings. The first kappa shape index (κ1) is 12.0. The van der Waals surface area contributed by atoms with Gasteiger partial charge in [0, 0.05) is 16.5 Å². The summed E-state index contributed by atoms with van der Waals surface area (Å²) in [5, 5.41) is 0.597. The van der Waals surface area contributed by atoms with Crippen molar-refractivity contribution in [1.29, 1.82) is 0 Å². The number of oxazole rings is 1. The zero-order valence-corrected chi connectivity index (χ0v) is 10.5. The van der Waals surface area contributed by atoms with Gasteiger partial charge in [-0.1, -0.05) is 6.07 Å². The Balaban J connectivity index is 2.39. The molecular weight excluding hydrogens is 236 g/mol. The lowest BCUT2D eigenvalue weighted by Crippen LogP contribution is -2.08. The summed E-state index contributed by atoms with van der Waals surface area (Å²) < 4.78 is 10.5. The van der Waals surface area contributed by atoms with Gasteiger partial charge >= 0.3 is 0 Å². The van der Waals surface area contributed by atoms with Gasteiger partial charge in [0.25, 0.3) is 5.22 Å². The average molecular weight is 250 g/mol. The van der Waals surface area contributed by atoms with Crippen molar-refractivity contribution >= 4 is 11.8 Å². The zero-order valence-electron chi connectivity index (χ0n) is 9.71. The van der Waals surface area contributed by atoms with E-state index in [0.29, 0.717) is 5.22 Å². The SMILES string of the molecule is COc1cccc(Sc2ncco2)c1C(C)N. The molecule has 0 radical (unpaired) electrons. The van der Waals surface area contributed by atoms with E-state index in [1.165, 1.54) is 11.8 Å². The summed E-state index contributed by atoms with van der Waals surface area (Å²) in [5.41, 5.74) is 6.95. The van der Waals surface area contributed by atoms with E-state index in [9.17, 15) is 0 Å². The van der Waals surface area contributed by atoms with Crippen molar-refractivity contribution in [3.05, 3.63) is 36.2 Å². The third-order valence-electron chi connectivity index (χ3n) is 2.31. The lowest BCUT2D eigenvalue weighted by molar-refractivity contribution is 0.405. The lowest BCUT2D eigenvalue weighted by atomic mass is 10.1. The van der Waals surface area contributed by atoms with Crippen LogP contribution in [0.15, 0.2) is 45.2 Å². The Morgan fingerprint density at radius 2 is 2.29 bits per heavy atom. The molecule has 1 aromatic carbocycles. The molecule has 5 heteroatoms. The van der Waals surface area contributed by atoms with Crippen molar-refractivity contribution in [2.45, 2.75) is 23.1 Å². The first-order chi connectivity index (χ1) is 8.22. The van der Waals surface area contributed by atoms with Gasteiger partial charge in [0.1, 0.15) is 12.0 Å². The summed E-state index contributed by atoms with van der Waals surface area (Å²) in [6.45, 7) is 1.93. The number of hydrogen-bond acceptors (Lipinski definition) is 5. The fourth-order valence-electron chi connectivity index (χ4n) is 1.59. The van der Waals surface area contributed by atoms with Crippen molar-refractivity contribution < 1.29 is 9.15 Å². The molecular formula is C12H14N2O2S. The molecule has 17 heavy (non-hydrogen) atoms. The van der Waals surface area contributed by atoms with E-state index in [-0.39, 0.29) is 6.04 Å². The Morgan fingerprint density at radius 1 is 1.47 bits per heavy atom. The molecule has 1 heterocycles. The van der Waals surface area contributed by atoms with Gasteiger partial charge in [0.2, 0.25) is 0 Å². The molecule has 0 spiro atoms. The Hall–Kier alpha value is -1.46. The van der Waals surface area contributed by atoms with Crippen LogP contribution < -0.4 is 10.5 Å². The molecule has 0 saturated carbocycles. The van der Waals surface area contributed by atoms with Crippen molar-refractivity contribution in [2.24, 2.45) is 5.73 Å². The Labute approximate surface area is 104 Å². The van der Waals surface area contributed by atoms with Gasteiger partial charge in [0.15, 0.2) is 0 Å². The number of rotatable bonds is 4. The second kappa shape index (κ2) is 5.25. The maximum Gasteiger partial charge on any atom is 0.260 e. The second-order valence-corrected chi connectivity index (χ2v) is 4.55. The molecule has 4 nitrogen and oxygen atoms in total. The monoisotopic (exact) mass is 250 g/mol. The molecule has 0 saturated heterocycles. The quantitative estimate of drug-likeness (QED) is 0.904. The van der Waals surface area contributed by atoms with Crippen LogP contribution in [0, 0.1) is 0 Å². The minimum atomic E-state index is -0.108. The number of benzene rings is 1. The third-order valence-corrected chi connectivity index (χ3v) is 3.26. The predicted octanol–water partition coefficient (Wildman–Crippen LogP) is 2.85. The zero-order chi connectivity index (χ0) is 12.3. The van der Waals surface area contributed by atoms with Crippen LogP contribution in [0.1, 0.15) is 18.5 Å². The van der Waals surface area contributed by atoms with E-state index in [0.717, 1.165) is 16.2 Å². The molecule has 0 aliphatic carbocycles. The Kier molecular flexibility index (Phi) is 3.71. The highest BCUT2D eigenvalue weighted by Gasteiger charge is 2.15. The van der Waals surface area contributed by atoms with Crippen LogP contribution in [0.3, 0.4) is 0 Å².